The van der Waals surface area contributed by atoms with Gasteiger partial charge in [0, 0.05) is 17.8 Å². The lowest BCUT2D eigenvalue weighted by Crippen LogP contribution is -2.27. The van der Waals surface area contributed by atoms with Gasteiger partial charge in [-0.25, -0.2) is 4.39 Å². The van der Waals surface area contributed by atoms with E-state index in [1.165, 1.54) is 42.6 Å². The molecule has 0 spiro atoms. The van der Waals surface area contributed by atoms with E-state index in [2.05, 4.69) is 5.32 Å². The molecule has 0 radical (unpaired) electrons. The maximum atomic E-state index is 13.0. The number of hydrogen-bond acceptors (Lipinski definition) is 4. The number of fused-ring (bicyclic) bond motifs is 1. The number of anilines is 2. The third kappa shape index (κ3) is 2.39. The SMILES string of the molecule is O=[N+]([O-])c1ccc2ccc[n+]([O-])c2c1Nc1ccc(F)cc1. The zero-order valence-corrected chi connectivity index (χ0v) is 11.2. The van der Waals surface area contributed by atoms with Gasteiger partial charge in [0.15, 0.2) is 11.9 Å². The fraction of sp³-hybridized carbons (Fsp3) is 0. The Hall–Kier alpha value is -3.22. The number of nitrogens with one attached hydrogen (secondary N) is 1. The minimum atomic E-state index is -0.571. The Bertz CT molecular complexity index is 866. The first-order valence-corrected chi connectivity index (χ1v) is 6.38. The lowest BCUT2D eigenvalue weighted by molar-refractivity contribution is -0.576. The second-order valence-electron chi connectivity index (χ2n) is 4.62. The van der Waals surface area contributed by atoms with Crippen molar-refractivity contribution in [3.63, 3.8) is 0 Å². The van der Waals surface area contributed by atoms with Crippen LogP contribution in [-0.2, 0) is 0 Å². The number of pyridine rings is 1. The van der Waals surface area contributed by atoms with E-state index in [0.717, 1.165) is 0 Å². The molecule has 110 valence electrons. The third-order valence-electron chi connectivity index (χ3n) is 3.22. The molecule has 0 aliphatic rings. The van der Waals surface area contributed by atoms with E-state index in [1.807, 2.05) is 0 Å². The summed E-state index contributed by atoms with van der Waals surface area (Å²) in [6.07, 6.45) is 1.27. The molecule has 6 nitrogen and oxygen atoms in total. The highest BCUT2D eigenvalue weighted by molar-refractivity contribution is 5.95. The van der Waals surface area contributed by atoms with Gasteiger partial charge >= 0.3 is 0 Å². The summed E-state index contributed by atoms with van der Waals surface area (Å²) in [5.41, 5.74) is 0.444. The quantitative estimate of drug-likeness (QED) is 0.348. The fourth-order valence-electron chi connectivity index (χ4n) is 2.22. The van der Waals surface area contributed by atoms with Gasteiger partial charge in [0.05, 0.1) is 10.3 Å². The van der Waals surface area contributed by atoms with E-state index >= 15 is 0 Å². The van der Waals surface area contributed by atoms with Crippen molar-refractivity contribution in [3.05, 3.63) is 75.9 Å². The second kappa shape index (κ2) is 5.28. The minimum absolute atomic E-state index is 0.0738. The summed E-state index contributed by atoms with van der Waals surface area (Å²) in [4.78, 5) is 10.6. The summed E-state index contributed by atoms with van der Waals surface area (Å²) >= 11 is 0. The van der Waals surface area contributed by atoms with Crippen molar-refractivity contribution in [1.82, 2.24) is 0 Å². The predicted molar refractivity (Wildman–Crippen MR) is 79.2 cm³/mol. The number of nitrogens with zero attached hydrogens (tertiary/aromatic N) is 2. The Morgan fingerprint density at radius 1 is 1.09 bits per heavy atom. The van der Waals surface area contributed by atoms with E-state index in [9.17, 15) is 19.7 Å². The molecule has 1 heterocycles. The molecule has 2 aromatic carbocycles. The molecule has 1 N–H and O–H groups in total. The fourth-order valence-corrected chi connectivity index (χ4v) is 2.22. The molecule has 3 aromatic rings. The van der Waals surface area contributed by atoms with Crippen molar-refractivity contribution in [1.29, 1.82) is 0 Å². The van der Waals surface area contributed by atoms with Gasteiger partial charge in [-0.3, -0.25) is 10.1 Å². The molecule has 3 rings (SSSR count). The van der Waals surface area contributed by atoms with Crippen LogP contribution in [0.4, 0.5) is 21.5 Å². The zero-order chi connectivity index (χ0) is 15.7. The smallest absolute Gasteiger partial charge is 0.299 e. The van der Waals surface area contributed by atoms with Crippen molar-refractivity contribution < 1.29 is 14.0 Å². The van der Waals surface area contributed by atoms with Crippen LogP contribution in [0.5, 0.6) is 0 Å². The number of nitro benzene ring substituents is 1. The standard InChI is InChI=1S/C15H10FN3O3/c16-11-4-6-12(7-5-11)17-14-13(19(21)22)8-3-10-2-1-9-18(20)15(10)14/h1-9,17H. The Morgan fingerprint density at radius 2 is 1.82 bits per heavy atom. The molecule has 7 heteroatoms. The van der Waals surface area contributed by atoms with Crippen molar-refractivity contribution in [3.8, 4) is 0 Å². The molecule has 0 saturated heterocycles. The lowest BCUT2D eigenvalue weighted by Gasteiger charge is -2.10. The lowest BCUT2D eigenvalue weighted by atomic mass is 10.1. The van der Waals surface area contributed by atoms with Gasteiger partial charge in [0.2, 0.25) is 0 Å². The summed E-state index contributed by atoms with van der Waals surface area (Å²) in [5.74, 6) is -0.420. The highest BCUT2D eigenvalue weighted by Gasteiger charge is 2.22. The third-order valence-corrected chi connectivity index (χ3v) is 3.22. The first-order valence-electron chi connectivity index (χ1n) is 6.38. The van der Waals surface area contributed by atoms with Crippen LogP contribution < -0.4 is 10.0 Å². The Labute approximate surface area is 124 Å². The maximum Gasteiger partial charge on any atom is 0.299 e. The Kier molecular flexibility index (Phi) is 3.30. The number of nitro groups is 1. The predicted octanol–water partition coefficient (Wildman–Crippen LogP) is 3.26. The van der Waals surface area contributed by atoms with Crippen LogP contribution >= 0.6 is 0 Å². The van der Waals surface area contributed by atoms with E-state index in [-0.39, 0.29) is 16.9 Å². The highest BCUT2D eigenvalue weighted by Crippen LogP contribution is 2.33. The molecule has 0 fully saturated rings. The van der Waals surface area contributed by atoms with Crippen LogP contribution in [0.15, 0.2) is 54.7 Å². The number of hydrogen-bond donors (Lipinski definition) is 1. The summed E-state index contributed by atoms with van der Waals surface area (Å²) < 4.78 is 13.5. The van der Waals surface area contributed by atoms with Crippen LogP contribution in [-0.4, -0.2) is 4.92 Å². The summed E-state index contributed by atoms with van der Waals surface area (Å²) in [7, 11) is 0. The van der Waals surface area contributed by atoms with E-state index in [0.29, 0.717) is 15.8 Å². The first kappa shape index (κ1) is 13.7. The molecule has 0 amide bonds. The largest absolute Gasteiger partial charge is 0.618 e. The minimum Gasteiger partial charge on any atom is -0.618 e. The normalized spacial score (nSPS) is 10.6. The second-order valence-corrected chi connectivity index (χ2v) is 4.62. The van der Waals surface area contributed by atoms with Gasteiger partial charge in [0.25, 0.3) is 11.2 Å². The maximum absolute atomic E-state index is 13.0. The van der Waals surface area contributed by atoms with Crippen LogP contribution in [0.25, 0.3) is 10.9 Å². The van der Waals surface area contributed by atoms with Crippen LogP contribution in [0.3, 0.4) is 0 Å². The average molecular weight is 299 g/mol. The molecule has 0 unspecified atom stereocenters. The Balaban J connectivity index is 2.22. The van der Waals surface area contributed by atoms with Crippen LogP contribution in [0, 0.1) is 21.1 Å². The van der Waals surface area contributed by atoms with Gasteiger partial charge in [-0.2, -0.15) is 4.73 Å². The average Bonchev–Trinajstić information content (AvgIpc) is 2.49. The topological polar surface area (TPSA) is 82.1 Å². The molecule has 0 bridgehead atoms. The molecule has 0 aliphatic heterocycles. The number of rotatable bonds is 3. The van der Waals surface area contributed by atoms with E-state index in [1.54, 1.807) is 12.1 Å². The van der Waals surface area contributed by atoms with E-state index in [4.69, 9.17) is 0 Å². The molecule has 0 atom stereocenters. The van der Waals surface area contributed by atoms with Gasteiger partial charge in [-0.15, -0.1) is 0 Å². The zero-order valence-electron chi connectivity index (χ0n) is 11.2. The molecular weight excluding hydrogens is 289 g/mol. The molecule has 0 saturated carbocycles. The molecule has 1 aromatic heterocycles. The summed E-state index contributed by atoms with van der Waals surface area (Å²) in [6, 6.07) is 11.4. The van der Waals surface area contributed by atoms with Crippen LogP contribution in [0.2, 0.25) is 0 Å². The molecule has 22 heavy (non-hydrogen) atoms. The number of aromatic nitrogens is 1. The number of benzene rings is 2. The highest BCUT2D eigenvalue weighted by atomic mass is 19.1. The van der Waals surface area contributed by atoms with Crippen molar-refractivity contribution in [2.75, 3.05) is 5.32 Å². The van der Waals surface area contributed by atoms with Gasteiger partial charge in [0.1, 0.15) is 5.82 Å². The summed E-state index contributed by atoms with van der Waals surface area (Å²) in [6.45, 7) is 0. The number of halogens is 1. The molecular formula is C15H10FN3O3. The Morgan fingerprint density at radius 3 is 2.50 bits per heavy atom. The van der Waals surface area contributed by atoms with E-state index < -0.39 is 10.7 Å². The van der Waals surface area contributed by atoms with Crippen molar-refractivity contribution in [2.24, 2.45) is 0 Å². The van der Waals surface area contributed by atoms with Gasteiger partial charge in [-0.1, -0.05) is 0 Å². The van der Waals surface area contributed by atoms with Crippen molar-refractivity contribution >= 4 is 28.0 Å². The molecule has 0 aliphatic carbocycles. The van der Waals surface area contributed by atoms with Crippen molar-refractivity contribution in [2.45, 2.75) is 0 Å². The summed E-state index contributed by atoms with van der Waals surface area (Å²) in [5, 5.41) is 26.6. The first-order chi connectivity index (χ1) is 10.6. The van der Waals surface area contributed by atoms with Crippen LogP contribution in [0.1, 0.15) is 0 Å². The van der Waals surface area contributed by atoms with Gasteiger partial charge in [-0.05, 0) is 36.4 Å². The van der Waals surface area contributed by atoms with Gasteiger partial charge < -0.3 is 10.5 Å². The monoisotopic (exact) mass is 299 g/mol.